The second-order valence-corrected chi connectivity index (χ2v) is 13.5. The summed E-state index contributed by atoms with van der Waals surface area (Å²) in [4.78, 5) is 23.3. The second kappa shape index (κ2) is 8.03. The van der Waals surface area contributed by atoms with Gasteiger partial charge in [0.15, 0.2) is 5.82 Å². The van der Waals surface area contributed by atoms with Crippen LogP contribution in [0.15, 0.2) is 28.8 Å². The fraction of sp³-hybridized carbons (Fsp3) is 0.700. The molecule has 7 saturated carbocycles. The Kier molecular flexibility index (Phi) is 4.94. The number of aromatic nitrogens is 2. The average molecular weight is 521 g/mol. The Morgan fingerprint density at radius 2 is 1.76 bits per heavy atom. The van der Waals surface area contributed by atoms with Crippen molar-refractivity contribution in [2.24, 2.45) is 10.8 Å². The van der Waals surface area contributed by atoms with Gasteiger partial charge in [0, 0.05) is 42.3 Å². The number of morpholine rings is 1. The van der Waals surface area contributed by atoms with Gasteiger partial charge in [0.2, 0.25) is 11.8 Å². The van der Waals surface area contributed by atoms with E-state index >= 15 is 0 Å². The van der Waals surface area contributed by atoms with Crippen LogP contribution in [0.1, 0.15) is 88.3 Å². The summed E-state index contributed by atoms with van der Waals surface area (Å²) >= 11 is 0. The molecule has 4 bridgehead atoms. The van der Waals surface area contributed by atoms with Gasteiger partial charge in [-0.2, -0.15) is 4.98 Å². The number of benzene rings is 1. The molecule has 0 unspecified atom stereocenters. The summed E-state index contributed by atoms with van der Waals surface area (Å²) in [6.07, 6.45) is 9.83. The lowest BCUT2D eigenvalue weighted by molar-refractivity contribution is -0.211. The summed E-state index contributed by atoms with van der Waals surface area (Å²) in [6.45, 7) is 3.88. The van der Waals surface area contributed by atoms with E-state index in [1.165, 1.54) is 12.8 Å². The number of nitrogens with zero attached hydrogens (tertiary/aromatic N) is 4. The molecule has 1 aliphatic heterocycles. The Hall–Kier alpha value is -2.48. The summed E-state index contributed by atoms with van der Waals surface area (Å²) in [5.41, 5.74) is 0.600. The molecule has 0 radical (unpaired) electrons. The number of hydrogen-bond donors (Lipinski definition) is 0. The number of amides is 1. The van der Waals surface area contributed by atoms with Crippen molar-refractivity contribution in [3.05, 3.63) is 36.0 Å². The van der Waals surface area contributed by atoms with Gasteiger partial charge in [0.25, 0.3) is 0 Å². The van der Waals surface area contributed by atoms with Crippen molar-refractivity contribution in [1.29, 1.82) is 0 Å². The van der Waals surface area contributed by atoms with E-state index in [0.29, 0.717) is 31.7 Å². The number of ether oxygens (including phenoxy) is 1. The third-order valence-corrected chi connectivity index (χ3v) is 10.9. The van der Waals surface area contributed by atoms with Crippen LogP contribution in [-0.2, 0) is 14.9 Å². The molecule has 0 atom stereocenters. The molecule has 7 aliphatic carbocycles. The normalized spacial score (nSPS) is 37.4. The third kappa shape index (κ3) is 3.58. The van der Waals surface area contributed by atoms with Gasteiger partial charge in [-0.05, 0) is 94.2 Å². The maximum Gasteiger partial charge on any atom is 0.233 e. The Labute approximate surface area is 223 Å². The van der Waals surface area contributed by atoms with Crippen molar-refractivity contribution in [2.75, 3.05) is 42.6 Å². The first-order chi connectivity index (χ1) is 18.4. The summed E-state index contributed by atoms with van der Waals surface area (Å²) in [6, 6.07) is 8.44. The van der Waals surface area contributed by atoms with Crippen LogP contribution in [0.2, 0.25) is 0 Å². The molecule has 0 spiro atoms. The summed E-state index contributed by atoms with van der Waals surface area (Å²) in [5, 5.41) is 4.31. The van der Waals surface area contributed by atoms with Gasteiger partial charge >= 0.3 is 0 Å². The van der Waals surface area contributed by atoms with Crippen molar-refractivity contribution >= 4 is 17.3 Å². The summed E-state index contributed by atoms with van der Waals surface area (Å²) in [5.74, 6) is 2.39. The Bertz CT molecular complexity index is 1220. The van der Waals surface area contributed by atoms with Gasteiger partial charge in [-0.1, -0.05) is 11.2 Å². The van der Waals surface area contributed by atoms with Crippen LogP contribution < -0.4 is 9.80 Å². The third-order valence-electron chi connectivity index (χ3n) is 10.9. The number of halogens is 1. The van der Waals surface area contributed by atoms with Gasteiger partial charge < -0.3 is 19.1 Å². The molecule has 7 nitrogen and oxygen atoms in total. The highest BCUT2D eigenvalue weighted by atomic mass is 19.1. The Morgan fingerprint density at radius 1 is 1.05 bits per heavy atom. The van der Waals surface area contributed by atoms with Crippen molar-refractivity contribution in [2.45, 2.75) is 87.6 Å². The maximum atomic E-state index is 14.5. The van der Waals surface area contributed by atoms with Crippen LogP contribution in [0, 0.1) is 10.8 Å². The fourth-order valence-corrected chi connectivity index (χ4v) is 8.25. The molecule has 8 fully saturated rings. The molecule has 38 heavy (non-hydrogen) atoms. The van der Waals surface area contributed by atoms with Crippen LogP contribution in [0.3, 0.4) is 0 Å². The van der Waals surface area contributed by atoms with E-state index in [2.05, 4.69) is 39.2 Å². The van der Waals surface area contributed by atoms with E-state index in [4.69, 9.17) is 14.2 Å². The predicted octanol–water partition coefficient (Wildman–Crippen LogP) is 5.30. The van der Waals surface area contributed by atoms with Crippen molar-refractivity contribution in [3.63, 3.8) is 0 Å². The second-order valence-electron chi connectivity index (χ2n) is 13.5. The van der Waals surface area contributed by atoms with Crippen molar-refractivity contribution < 1.29 is 18.4 Å². The Balaban J connectivity index is 1.05. The fourth-order valence-electron chi connectivity index (χ4n) is 8.25. The number of alkyl halides is 1. The Morgan fingerprint density at radius 3 is 2.42 bits per heavy atom. The monoisotopic (exact) mass is 520 g/mol. The molecule has 2 heterocycles. The zero-order valence-corrected chi connectivity index (χ0v) is 22.1. The molecule has 202 valence electrons. The molecular formula is C30H37FN4O3. The molecule has 1 saturated heterocycles. The highest BCUT2D eigenvalue weighted by molar-refractivity contribution is 6.00. The van der Waals surface area contributed by atoms with E-state index in [1.54, 1.807) is 0 Å². The molecular weight excluding hydrogens is 483 g/mol. The molecule has 1 aromatic heterocycles. The van der Waals surface area contributed by atoms with E-state index < -0.39 is 11.1 Å². The lowest BCUT2D eigenvalue weighted by Crippen LogP contribution is -2.71. The van der Waals surface area contributed by atoms with Crippen LogP contribution in [0.5, 0.6) is 0 Å². The minimum absolute atomic E-state index is 0.00143. The predicted molar refractivity (Wildman–Crippen MR) is 140 cm³/mol. The quantitative estimate of drug-likeness (QED) is 0.493. The number of anilines is 2. The molecule has 1 aromatic carbocycles. The molecule has 2 aromatic rings. The summed E-state index contributed by atoms with van der Waals surface area (Å²) < 4.78 is 25.9. The van der Waals surface area contributed by atoms with E-state index in [1.807, 2.05) is 0 Å². The zero-order chi connectivity index (χ0) is 25.6. The molecule has 10 rings (SSSR count). The number of rotatable bonds is 7. The number of hydrogen-bond acceptors (Lipinski definition) is 6. The average Bonchev–Trinajstić information content (AvgIpc) is 3.66. The number of carbonyl (C=O) groups is 1. The number of fused-ring (bicyclic) bond motifs is 3. The highest BCUT2D eigenvalue weighted by Gasteiger charge is 2.73. The first-order valence-electron chi connectivity index (χ1n) is 14.7. The molecule has 8 aliphatic rings. The topological polar surface area (TPSA) is 71.7 Å². The molecule has 0 N–H and O–H groups in total. The van der Waals surface area contributed by atoms with E-state index in [9.17, 15) is 9.18 Å². The lowest BCUT2D eigenvalue weighted by atomic mass is 9.41. The minimum atomic E-state index is -1.09. The molecule has 1 amide bonds. The van der Waals surface area contributed by atoms with Gasteiger partial charge in [-0.3, -0.25) is 4.79 Å². The minimum Gasteiger partial charge on any atom is -0.378 e. The standard InChI is InChI=1S/C30H37FN4O3/c31-30-17-29(18-30,19-30)26(36)35(23-3-1-2-22(16-23)34-12-14-37-15-13-34)20-27-6-9-28(10-7-27,11-8-27)25-32-24(33-38-25)21-4-5-21/h1-3,16,21H,4-15,17-20H2. The first-order valence-corrected chi connectivity index (χ1v) is 14.7. The van der Waals surface area contributed by atoms with Crippen LogP contribution in [-0.4, -0.2) is 54.6 Å². The van der Waals surface area contributed by atoms with E-state index in [-0.39, 0.29) is 16.7 Å². The van der Waals surface area contributed by atoms with E-state index in [0.717, 1.165) is 87.9 Å². The summed E-state index contributed by atoms with van der Waals surface area (Å²) in [7, 11) is 0. The van der Waals surface area contributed by atoms with Gasteiger partial charge in [0.1, 0.15) is 5.67 Å². The maximum absolute atomic E-state index is 14.5. The first kappa shape index (κ1) is 23.4. The van der Waals surface area contributed by atoms with Crippen molar-refractivity contribution in [3.8, 4) is 0 Å². The van der Waals surface area contributed by atoms with Crippen molar-refractivity contribution in [1.82, 2.24) is 10.1 Å². The smallest absolute Gasteiger partial charge is 0.233 e. The van der Waals surface area contributed by atoms with Gasteiger partial charge in [-0.15, -0.1) is 0 Å². The zero-order valence-electron chi connectivity index (χ0n) is 22.1. The van der Waals surface area contributed by atoms with Crippen LogP contribution in [0.25, 0.3) is 0 Å². The van der Waals surface area contributed by atoms with Gasteiger partial charge in [-0.25, -0.2) is 4.39 Å². The SMILES string of the molecule is O=C(N(CC12CCC(c3nc(C4CC4)no3)(CC1)CC2)c1cccc(N2CCOCC2)c1)C12CC(F)(C1)C2. The lowest BCUT2D eigenvalue weighted by Gasteiger charge is -2.65. The number of carbonyl (C=O) groups excluding carboxylic acids is 1. The van der Waals surface area contributed by atoms with Crippen LogP contribution >= 0.6 is 0 Å². The highest BCUT2D eigenvalue weighted by Crippen LogP contribution is 2.70. The van der Waals surface area contributed by atoms with Crippen LogP contribution in [0.4, 0.5) is 15.8 Å². The molecule has 8 heteroatoms. The van der Waals surface area contributed by atoms with Gasteiger partial charge in [0.05, 0.1) is 18.6 Å². The largest absolute Gasteiger partial charge is 0.378 e.